The molecule has 0 aromatic heterocycles. The van der Waals surface area contributed by atoms with Crippen molar-refractivity contribution in [3.63, 3.8) is 0 Å². The molecule has 0 saturated heterocycles. The smallest absolute Gasteiger partial charge is 0.307 e. The number of unbranched alkanes of at least 4 members (excludes halogenated alkanes) is 1. The lowest BCUT2D eigenvalue weighted by Gasteiger charge is -2.27. The molecule has 2 heterocycles. The number of hydrogen-bond acceptors (Lipinski definition) is 4. The molecule has 0 radical (unpaired) electrons. The van der Waals surface area contributed by atoms with Crippen LogP contribution in [0.3, 0.4) is 0 Å². The first-order valence-electron chi connectivity index (χ1n) is 13.5. The van der Waals surface area contributed by atoms with Crippen LogP contribution < -0.4 is 4.90 Å². The maximum atomic E-state index is 11.3. The summed E-state index contributed by atoms with van der Waals surface area (Å²) < 4.78 is 33.8. The van der Waals surface area contributed by atoms with Gasteiger partial charge in [0.1, 0.15) is 6.54 Å². The van der Waals surface area contributed by atoms with Crippen LogP contribution in [0.2, 0.25) is 0 Å². The van der Waals surface area contributed by atoms with E-state index < -0.39 is 16.1 Å². The highest BCUT2D eigenvalue weighted by Gasteiger charge is 2.44. The summed E-state index contributed by atoms with van der Waals surface area (Å²) >= 11 is 0. The molecule has 0 amide bonds. The van der Waals surface area contributed by atoms with E-state index in [1.165, 1.54) is 5.56 Å². The third kappa shape index (κ3) is 5.72. The summed E-state index contributed by atoms with van der Waals surface area (Å²) in [5.41, 5.74) is 7.13. The average Bonchev–Trinajstić information content (AvgIpc) is 3.19. The molecule has 0 fully saturated rings. The van der Waals surface area contributed by atoms with Crippen LogP contribution in [-0.4, -0.2) is 53.2 Å². The minimum Gasteiger partial charge on any atom is -0.481 e. The van der Waals surface area contributed by atoms with Crippen LogP contribution in [-0.2, 0) is 32.2 Å². The first kappa shape index (κ1) is 28.8. The summed E-state index contributed by atoms with van der Waals surface area (Å²) in [7, 11) is -3.97. The van der Waals surface area contributed by atoms with Gasteiger partial charge in [-0.3, -0.25) is 9.35 Å². The molecule has 0 aliphatic carbocycles. The van der Waals surface area contributed by atoms with Gasteiger partial charge in [-0.25, -0.2) is 0 Å². The molecular formula is C31H39N2O5S+. The molecule has 2 aromatic rings. The van der Waals surface area contributed by atoms with Gasteiger partial charge in [0, 0.05) is 41.1 Å². The Kier molecular flexibility index (Phi) is 7.92. The summed E-state index contributed by atoms with van der Waals surface area (Å²) in [4.78, 5) is 13.6. The van der Waals surface area contributed by atoms with Crippen molar-refractivity contribution < 1.29 is 27.4 Å². The summed E-state index contributed by atoms with van der Waals surface area (Å²) in [5.74, 6) is -1.07. The minimum absolute atomic E-state index is 0.00245. The molecule has 8 heteroatoms. The van der Waals surface area contributed by atoms with Crippen LogP contribution in [0, 0.1) is 0 Å². The Labute approximate surface area is 231 Å². The average molecular weight is 552 g/mol. The number of allylic oxidation sites excluding steroid dienone is 4. The highest BCUT2D eigenvalue weighted by molar-refractivity contribution is 7.85. The SMILES string of the molecule is CC[N+]1=C(/C=C/C=C2/N(CCCCS(=O)(=O)O)c3ccccc3C2(C)C)C(C)(C)c2cc(CC(=O)O)ccc21. The number of para-hydroxylation sites is 1. The van der Waals surface area contributed by atoms with Crippen LogP contribution in [0.25, 0.3) is 0 Å². The van der Waals surface area contributed by atoms with Crippen molar-refractivity contribution in [1.82, 2.24) is 0 Å². The summed E-state index contributed by atoms with van der Waals surface area (Å²) in [6.07, 6.45) is 7.43. The van der Waals surface area contributed by atoms with Gasteiger partial charge >= 0.3 is 5.97 Å². The Hall–Kier alpha value is -3.23. The molecule has 0 saturated carbocycles. The largest absolute Gasteiger partial charge is 0.481 e. The van der Waals surface area contributed by atoms with Gasteiger partial charge in [0.05, 0.1) is 17.6 Å². The quantitative estimate of drug-likeness (QED) is 0.226. The van der Waals surface area contributed by atoms with Gasteiger partial charge < -0.3 is 10.0 Å². The number of aliphatic carboxylic acids is 1. The number of fused-ring (bicyclic) bond motifs is 2. The molecule has 0 bridgehead atoms. The van der Waals surface area contributed by atoms with Gasteiger partial charge in [-0.05, 0) is 62.9 Å². The molecule has 0 unspecified atom stereocenters. The maximum Gasteiger partial charge on any atom is 0.307 e. The van der Waals surface area contributed by atoms with E-state index in [1.54, 1.807) is 0 Å². The monoisotopic (exact) mass is 551 g/mol. The highest BCUT2D eigenvalue weighted by Crippen LogP contribution is 2.48. The van der Waals surface area contributed by atoms with Crippen LogP contribution >= 0.6 is 0 Å². The predicted octanol–water partition coefficient (Wildman–Crippen LogP) is 5.62. The van der Waals surface area contributed by atoms with Gasteiger partial charge in [0.15, 0.2) is 5.71 Å². The van der Waals surface area contributed by atoms with Crippen molar-refractivity contribution in [3.8, 4) is 0 Å². The molecule has 39 heavy (non-hydrogen) atoms. The number of anilines is 1. The molecule has 2 N–H and O–H groups in total. The first-order chi connectivity index (χ1) is 18.3. The Morgan fingerprint density at radius 3 is 2.41 bits per heavy atom. The van der Waals surface area contributed by atoms with Crippen LogP contribution in [0.5, 0.6) is 0 Å². The van der Waals surface area contributed by atoms with E-state index in [0.29, 0.717) is 19.4 Å². The zero-order valence-corrected chi connectivity index (χ0v) is 24.3. The Morgan fingerprint density at radius 2 is 1.74 bits per heavy atom. The number of carbonyl (C=O) groups is 1. The fourth-order valence-electron chi connectivity index (χ4n) is 6.01. The molecule has 4 rings (SSSR count). The molecule has 0 spiro atoms. The summed E-state index contributed by atoms with van der Waals surface area (Å²) in [6.45, 7) is 12.3. The minimum atomic E-state index is -3.97. The number of hydrogen-bond donors (Lipinski definition) is 2. The van der Waals surface area contributed by atoms with Crippen LogP contribution in [0.15, 0.2) is 66.4 Å². The molecule has 2 aliphatic rings. The topological polar surface area (TPSA) is 97.9 Å². The van der Waals surface area contributed by atoms with Crippen molar-refractivity contribution in [2.75, 3.05) is 23.7 Å². The van der Waals surface area contributed by atoms with E-state index in [1.807, 2.05) is 30.3 Å². The first-order valence-corrected chi connectivity index (χ1v) is 15.1. The van der Waals surface area contributed by atoms with Crippen molar-refractivity contribution >= 4 is 33.2 Å². The fraction of sp³-hybridized carbons (Fsp3) is 0.419. The van der Waals surface area contributed by atoms with E-state index >= 15 is 0 Å². The third-order valence-corrected chi connectivity index (χ3v) is 8.77. The van der Waals surface area contributed by atoms with Crippen molar-refractivity contribution in [2.45, 2.75) is 64.7 Å². The van der Waals surface area contributed by atoms with Gasteiger partial charge in [0.25, 0.3) is 10.1 Å². The number of carboxylic acids is 1. The van der Waals surface area contributed by atoms with Crippen LogP contribution in [0.1, 0.15) is 64.2 Å². The second-order valence-electron chi connectivity index (χ2n) is 11.4. The van der Waals surface area contributed by atoms with Gasteiger partial charge in [-0.2, -0.15) is 13.0 Å². The van der Waals surface area contributed by atoms with Gasteiger partial charge in [-0.1, -0.05) is 44.2 Å². The standard InChI is InChI=1S/C31H38N2O5S/c1-6-32-26-17-16-22(21-29(34)35)20-24(26)31(4,5)27(32)14-11-15-28-30(2,3)23-12-7-8-13-25(23)33(28)18-9-10-19-39(36,37)38/h7-8,11-17,20H,6,9-10,18-19,21H2,1-5H3,(H-,34,35,36,37,38)/p+1. The Bertz CT molecular complexity index is 1480. The Balaban J connectivity index is 1.66. The molecule has 2 aliphatic heterocycles. The second kappa shape index (κ2) is 10.7. The fourth-order valence-corrected chi connectivity index (χ4v) is 6.58. The van der Waals surface area contributed by atoms with Crippen molar-refractivity contribution in [3.05, 3.63) is 83.1 Å². The number of carboxylic acid groups (broad SMARTS) is 1. The normalized spacial score (nSPS) is 18.7. The number of benzene rings is 2. The highest BCUT2D eigenvalue weighted by atomic mass is 32.2. The molecule has 208 valence electrons. The van der Waals surface area contributed by atoms with Crippen LogP contribution in [0.4, 0.5) is 11.4 Å². The number of nitrogens with zero attached hydrogens (tertiary/aromatic N) is 2. The lowest BCUT2D eigenvalue weighted by atomic mass is 9.80. The summed E-state index contributed by atoms with van der Waals surface area (Å²) in [5, 5.41) is 9.27. The van der Waals surface area contributed by atoms with Crippen molar-refractivity contribution in [1.29, 1.82) is 0 Å². The summed E-state index contributed by atoms with van der Waals surface area (Å²) in [6, 6.07) is 14.3. The Morgan fingerprint density at radius 1 is 1.03 bits per heavy atom. The van der Waals surface area contributed by atoms with E-state index in [-0.39, 0.29) is 23.0 Å². The number of rotatable bonds is 10. The second-order valence-corrected chi connectivity index (χ2v) is 12.9. The molecule has 0 atom stereocenters. The maximum absolute atomic E-state index is 11.3. The lowest BCUT2D eigenvalue weighted by molar-refractivity contribution is -0.433. The predicted molar refractivity (Wildman–Crippen MR) is 156 cm³/mol. The zero-order chi connectivity index (χ0) is 28.6. The lowest BCUT2D eigenvalue weighted by Crippen LogP contribution is -2.28. The van der Waals surface area contributed by atoms with E-state index in [0.717, 1.165) is 40.5 Å². The van der Waals surface area contributed by atoms with E-state index in [2.05, 4.69) is 74.5 Å². The van der Waals surface area contributed by atoms with E-state index in [4.69, 9.17) is 4.55 Å². The van der Waals surface area contributed by atoms with E-state index in [9.17, 15) is 18.3 Å². The molecule has 2 aromatic carbocycles. The van der Waals surface area contributed by atoms with Crippen molar-refractivity contribution in [2.24, 2.45) is 0 Å². The van der Waals surface area contributed by atoms with Gasteiger partial charge in [0.2, 0.25) is 5.69 Å². The molecule has 7 nitrogen and oxygen atoms in total. The zero-order valence-electron chi connectivity index (χ0n) is 23.4. The molecular weight excluding hydrogens is 512 g/mol. The van der Waals surface area contributed by atoms with Gasteiger partial charge in [-0.15, -0.1) is 0 Å². The third-order valence-electron chi connectivity index (χ3n) is 7.97.